The number of urea groups is 1. The number of hydrogen-bond donors (Lipinski definition) is 3. The van der Waals surface area contributed by atoms with E-state index in [1.54, 1.807) is 0 Å². The highest BCUT2D eigenvalue weighted by atomic mass is 16.5. The molecule has 1 aliphatic heterocycles. The van der Waals surface area contributed by atoms with Gasteiger partial charge >= 0.3 is 12.0 Å². The maximum absolute atomic E-state index is 12.0. The van der Waals surface area contributed by atoms with Gasteiger partial charge in [-0.15, -0.1) is 0 Å². The van der Waals surface area contributed by atoms with Crippen molar-refractivity contribution in [1.82, 2.24) is 20.4 Å². The summed E-state index contributed by atoms with van der Waals surface area (Å²) < 4.78 is 5.50. The van der Waals surface area contributed by atoms with Crippen LogP contribution in [0.4, 0.5) is 4.79 Å². The lowest BCUT2D eigenvalue weighted by Crippen LogP contribution is -2.57. The third-order valence-electron chi connectivity index (χ3n) is 5.19. The summed E-state index contributed by atoms with van der Waals surface area (Å²) in [5.74, 6) is -0.804. The highest BCUT2D eigenvalue weighted by molar-refractivity contribution is 5.74. The number of likely N-dealkylation sites (N-methyl/N-ethyl adjacent to an activating group) is 1. The quantitative estimate of drug-likeness (QED) is 0.580. The molecule has 2 amide bonds. The van der Waals surface area contributed by atoms with Crippen molar-refractivity contribution in [1.29, 1.82) is 0 Å². The summed E-state index contributed by atoms with van der Waals surface area (Å²) in [6, 6.07) is 0.240. The van der Waals surface area contributed by atoms with Crippen molar-refractivity contribution in [2.24, 2.45) is 0 Å². The number of hydrogen-bond acceptors (Lipinski definition) is 5. The molecule has 0 atom stereocenters. The summed E-state index contributed by atoms with van der Waals surface area (Å²) in [4.78, 5) is 27.1. The smallest absolute Gasteiger partial charge is 0.317 e. The molecule has 2 rings (SSSR count). The molecule has 144 valence electrons. The number of aliphatic carboxylic acids is 1. The number of carboxylic acids is 1. The van der Waals surface area contributed by atoms with Crippen LogP contribution in [0.3, 0.4) is 0 Å². The first-order valence-corrected chi connectivity index (χ1v) is 9.15. The average Bonchev–Trinajstić information content (AvgIpc) is 2.49. The molecule has 3 N–H and O–H groups in total. The minimum Gasteiger partial charge on any atom is -0.480 e. The Balaban J connectivity index is 1.61. The van der Waals surface area contributed by atoms with E-state index >= 15 is 0 Å². The zero-order chi connectivity index (χ0) is 18.4. The summed E-state index contributed by atoms with van der Waals surface area (Å²) in [5, 5.41) is 14.8. The van der Waals surface area contributed by atoms with Crippen LogP contribution in [0.5, 0.6) is 0 Å². The number of carboxylic acid groups (broad SMARTS) is 1. The summed E-state index contributed by atoms with van der Waals surface area (Å²) in [6.07, 6.45) is 1.62. The first kappa shape index (κ1) is 19.9. The van der Waals surface area contributed by atoms with Crippen LogP contribution in [-0.4, -0.2) is 90.5 Å². The predicted octanol–water partition coefficient (Wildman–Crippen LogP) is 0.334. The lowest BCUT2D eigenvalue weighted by molar-refractivity contribution is -0.139. The van der Waals surface area contributed by atoms with Crippen LogP contribution in [0.15, 0.2) is 0 Å². The fraction of sp³-hybridized carbons (Fsp3) is 0.882. The third kappa shape index (κ3) is 5.83. The maximum Gasteiger partial charge on any atom is 0.317 e. The second-order valence-electron chi connectivity index (χ2n) is 7.53. The highest BCUT2D eigenvalue weighted by Gasteiger charge is 2.35. The van der Waals surface area contributed by atoms with E-state index in [4.69, 9.17) is 9.84 Å². The van der Waals surface area contributed by atoms with Crippen molar-refractivity contribution in [2.45, 2.75) is 51.2 Å². The lowest BCUT2D eigenvalue weighted by atomic mass is 9.85. The molecule has 0 aromatic carbocycles. The second kappa shape index (κ2) is 8.82. The van der Waals surface area contributed by atoms with Gasteiger partial charge in [-0.1, -0.05) is 6.92 Å². The molecule has 8 nitrogen and oxygen atoms in total. The van der Waals surface area contributed by atoms with E-state index in [0.29, 0.717) is 19.7 Å². The monoisotopic (exact) mass is 356 g/mol. The van der Waals surface area contributed by atoms with Crippen molar-refractivity contribution < 1.29 is 19.4 Å². The van der Waals surface area contributed by atoms with Gasteiger partial charge in [0, 0.05) is 37.3 Å². The van der Waals surface area contributed by atoms with Gasteiger partial charge < -0.3 is 20.5 Å². The van der Waals surface area contributed by atoms with Crippen molar-refractivity contribution >= 4 is 12.0 Å². The molecule has 1 saturated carbocycles. The van der Waals surface area contributed by atoms with Crippen LogP contribution < -0.4 is 10.6 Å². The second-order valence-corrected chi connectivity index (χ2v) is 7.53. The van der Waals surface area contributed by atoms with Crippen molar-refractivity contribution in [3.8, 4) is 0 Å². The molecule has 0 bridgehead atoms. The highest BCUT2D eigenvalue weighted by Crippen LogP contribution is 2.25. The molecule has 1 heterocycles. The average molecular weight is 356 g/mol. The Morgan fingerprint density at radius 1 is 1.36 bits per heavy atom. The molecule has 0 spiro atoms. The van der Waals surface area contributed by atoms with E-state index in [0.717, 1.165) is 32.5 Å². The number of amides is 2. The standard InChI is InChI=1S/C17H32N4O4/c1-4-20(11-15(22)23)14-9-13(10-14)19-16(24)18-5-6-21-7-8-25-12-17(21,2)3/h13-14H,4-12H2,1-3H3,(H,22,23)(H2,18,19,24). The maximum atomic E-state index is 12.0. The molecule has 1 aliphatic carbocycles. The van der Waals surface area contributed by atoms with Gasteiger partial charge in [0.1, 0.15) is 0 Å². The molecule has 2 aliphatic rings. The summed E-state index contributed by atoms with van der Waals surface area (Å²) >= 11 is 0. The number of morpholine rings is 1. The van der Waals surface area contributed by atoms with Gasteiger partial charge in [0.25, 0.3) is 0 Å². The lowest BCUT2D eigenvalue weighted by Gasteiger charge is -2.42. The molecule has 0 aromatic rings. The molecule has 1 saturated heterocycles. The van der Waals surface area contributed by atoms with Crippen molar-refractivity contribution in [2.75, 3.05) is 45.9 Å². The van der Waals surface area contributed by atoms with Crippen LogP contribution >= 0.6 is 0 Å². The minimum absolute atomic E-state index is 0.00531. The normalized spacial score (nSPS) is 26.1. The molecule has 0 unspecified atom stereocenters. The topological polar surface area (TPSA) is 94.1 Å². The summed E-state index contributed by atoms with van der Waals surface area (Å²) in [5.41, 5.74) is 0.00531. The SMILES string of the molecule is CCN(CC(=O)O)C1CC(NC(=O)NCCN2CCOCC2(C)C)C1. The van der Waals surface area contributed by atoms with Crippen LogP contribution in [0, 0.1) is 0 Å². The first-order valence-electron chi connectivity index (χ1n) is 9.15. The predicted molar refractivity (Wildman–Crippen MR) is 94.7 cm³/mol. The Bertz CT molecular complexity index is 466. The van der Waals surface area contributed by atoms with E-state index in [9.17, 15) is 9.59 Å². The number of nitrogens with one attached hydrogen (secondary N) is 2. The Morgan fingerprint density at radius 3 is 2.68 bits per heavy atom. The zero-order valence-corrected chi connectivity index (χ0v) is 15.6. The van der Waals surface area contributed by atoms with Crippen molar-refractivity contribution in [3.05, 3.63) is 0 Å². The fourth-order valence-corrected chi connectivity index (χ4v) is 3.52. The van der Waals surface area contributed by atoms with Crippen LogP contribution in [0.1, 0.15) is 33.6 Å². The molecular weight excluding hydrogens is 324 g/mol. The van der Waals surface area contributed by atoms with Crippen LogP contribution in [0.25, 0.3) is 0 Å². The summed E-state index contributed by atoms with van der Waals surface area (Å²) in [6.45, 7) is 10.8. The van der Waals surface area contributed by atoms with Gasteiger partial charge in [-0.2, -0.15) is 0 Å². The third-order valence-corrected chi connectivity index (χ3v) is 5.19. The number of carbonyl (C=O) groups excluding carboxylic acids is 1. The van der Waals surface area contributed by atoms with Crippen molar-refractivity contribution in [3.63, 3.8) is 0 Å². The molecular formula is C17H32N4O4. The van der Waals surface area contributed by atoms with Gasteiger partial charge in [0.15, 0.2) is 0 Å². The van der Waals surface area contributed by atoms with Crippen LogP contribution in [-0.2, 0) is 9.53 Å². The summed E-state index contributed by atoms with van der Waals surface area (Å²) in [7, 11) is 0. The van der Waals surface area contributed by atoms with E-state index in [2.05, 4.69) is 29.4 Å². The Kier molecular flexibility index (Phi) is 7.04. The fourth-order valence-electron chi connectivity index (χ4n) is 3.52. The largest absolute Gasteiger partial charge is 0.480 e. The Labute approximate surface area is 149 Å². The van der Waals surface area contributed by atoms with E-state index in [1.165, 1.54) is 0 Å². The van der Waals surface area contributed by atoms with Gasteiger partial charge in [-0.3, -0.25) is 14.6 Å². The molecule has 25 heavy (non-hydrogen) atoms. The first-order chi connectivity index (χ1) is 11.8. The number of rotatable bonds is 8. The van der Waals surface area contributed by atoms with Gasteiger partial charge in [0.05, 0.1) is 19.8 Å². The zero-order valence-electron chi connectivity index (χ0n) is 15.6. The van der Waals surface area contributed by atoms with E-state index < -0.39 is 5.97 Å². The Morgan fingerprint density at radius 2 is 2.08 bits per heavy atom. The number of nitrogens with zero attached hydrogens (tertiary/aromatic N) is 2. The van der Waals surface area contributed by atoms with E-state index in [-0.39, 0.29) is 30.2 Å². The van der Waals surface area contributed by atoms with Gasteiger partial charge in [0.2, 0.25) is 0 Å². The number of carbonyl (C=O) groups is 2. The molecule has 2 fully saturated rings. The minimum atomic E-state index is -0.804. The van der Waals surface area contributed by atoms with Gasteiger partial charge in [-0.25, -0.2) is 4.79 Å². The molecule has 0 aromatic heterocycles. The van der Waals surface area contributed by atoms with Gasteiger partial charge in [-0.05, 0) is 33.2 Å². The molecule has 0 radical (unpaired) electrons. The van der Waals surface area contributed by atoms with Crippen LogP contribution in [0.2, 0.25) is 0 Å². The molecule has 8 heteroatoms. The Hall–Kier alpha value is -1.38. The number of ether oxygens (including phenoxy) is 1. The van der Waals surface area contributed by atoms with E-state index in [1.807, 2.05) is 11.8 Å².